The highest BCUT2D eigenvalue weighted by atomic mass is 16.2. The molecule has 0 aliphatic carbocycles. The van der Waals surface area contributed by atoms with Crippen molar-refractivity contribution >= 4 is 34.1 Å². The van der Waals surface area contributed by atoms with Crippen LogP contribution >= 0.6 is 0 Å². The first-order chi connectivity index (χ1) is 15.9. The molecule has 4 aromatic rings. The quantitative estimate of drug-likeness (QED) is 0.464. The molecule has 1 heterocycles. The van der Waals surface area contributed by atoms with Crippen LogP contribution in [0.4, 0.5) is 11.4 Å². The smallest absolute Gasteiger partial charge is 0.279 e. The molecule has 0 aliphatic heterocycles. The molecule has 33 heavy (non-hydrogen) atoms. The Bertz CT molecular complexity index is 1380. The van der Waals surface area contributed by atoms with Crippen LogP contribution in [0.2, 0.25) is 0 Å². The fourth-order valence-electron chi connectivity index (χ4n) is 3.90. The first-order valence-corrected chi connectivity index (χ1v) is 10.9. The van der Waals surface area contributed by atoms with Gasteiger partial charge < -0.3 is 10.6 Å². The summed E-state index contributed by atoms with van der Waals surface area (Å²) in [5.74, 6) is -0.373. The average molecular weight is 443 g/mol. The zero-order chi connectivity index (χ0) is 23.5. The monoisotopic (exact) mass is 442 g/mol. The number of nitrogens with one attached hydrogen (secondary N) is 2. The molecule has 0 spiro atoms. The second-order valence-corrected chi connectivity index (χ2v) is 7.96. The molecule has 0 saturated carbocycles. The summed E-state index contributed by atoms with van der Waals surface area (Å²) in [6, 6.07) is 20.2. The third-order valence-electron chi connectivity index (χ3n) is 5.58. The number of hydrogen-bond acceptors (Lipinski definition) is 3. The highest BCUT2D eigenvalue weighted by molar-refractivity contribution is 5.95. The van der Waals surface area contributed by atoms with Crippen LogP contribution in [-0.4, -0.2) is 21.2 Å². The van der Waals surface area contributed by atoms with E-state index in [9.17, 15) is 14.4 Å². The number of carbonyl (C=O) groups is 2. The fourth-order valence-corrected chi connectivity index (χ4v) is 3.90. The maximum absolute atomic E-state index is 13.4. The molecule has 1 aromatic heterocycles. The molecular weight excluding hydrogens is 416 g/mol. The number of amides is 2. The molecule has 0 radical (unpaired) electrons. The lowest BCUT2D eigenvalue weighted by Gasteiger charge is -2.15. The van der Waals surface area contributed by atoms with E-state index >= 15 is 0 Å². The first kappa shape index (κ1) is 22.1. The maximum Gasteiger partial charge on any atom is 0.279 e. The zero-order valence-electron chi connectivity index (χ0n) is 18.9. The van der Waals surface area contributed by atoms with Crippen LogP contribution in [0.5, 0.6) is 0 Å². The van der Waals surface area contributed by atoms with Crippen molar-refractivity contribution < 1.29 is 9.59 Å². The summed E-state index contributed by atoms with van der Waals surface area (Å²) in [5.41, 5.74) is 4.26. The van der Waals surface area contributed by atoms with Crippen molar-refractivity contribution in [2.45, 2.75) is 33.7 Å². The van der Waals surface area contributed by atoms with Gasteiger partial charge in [0.1, 0.15) is 6.54 Å². The molecular formula is C26H26N4O3. The van der Waals surface area contributed by atoms with Gasteiger partial charge in [0.15, 0.2) is 0 Å². The summed E-state index contributed by atoms with van der Waals surface area (Å²) < 4.78 is 3.17. The van der Waals surface area contributed by atoms with Gasteiger partial charge in [0, 0.05) is 17.8 Å². The number of fused-ring (bicyclic) bond motifs is 1. The van der Waals surface area contributed by atoms with Gasteiger partial charge in [0.05, 0.1) is 16.6 Å². The normalized spacial score (nSPS) is 10.9. The molecule has 7 heteroatoms. The van der Waals surface area contributed by atoms with Crippen molar-refractivity contribution in [1.82, 2.24) is 9.36 Å². The summed E-state index contributed by atoms with van der Waals surface area (Å²) in [5, 5.41) is 6.21. The summed E-state index contributed by atoms with van der Waals surface area (Å²) in [6.07, 6.45) is 0.339. The van der Waals surface area contributed by atoms with Crippen LogP contribution in [0.15, 0.2) is 71.5 Å². The highest BCUT2D eigenvalue weighted by Crippen LogP contribution is 2.22. The van der Waals surface area contributed by atoms with E-state index in [1.165, 1.54) is 4.68 Å². The number of para-hydroxylation sites is 2. The van der Waals surface area contributed by atoms with Crippen molar-refractivity contribution in [3.63, 3.8) is 0 Å². The van der Waals surface area contributed by atoms with Gasteiger partial charge in [-0.05, 0) is 55.3 Å². The van der Waals surface area contributed by atoms with Gasteiger partial charge in [-0.15, -0.1) is 0 Å². The van der Waals surface area contributed by atoms with Gasteiger partial charge in [-0.1, -0.05) is 43.3 Å². The summed E-state index contributed by atoms with van der Waals surface area (Å²) in [6.45, 7) is 5.60. The van der Waals surface area contributed by atoms with Crippen LogP contribution in [-0.2, 0) is 16.1 Å². The Balaban J connectivity index is 1.79. The molecule has 3 aromatic carbocycles. The molecule has 0 atom stereocenters. The van der Waals surface area contributed by atoms with E-state index in [1.54, 1.807) is 29.8 Å². The highest BCUT2D eigenvalue weighted by Gasteiger charge is 2.18. The van der Waals surface area contributed by atoms with Gasteiger partial charge >= 0.3 is 0 Å². The van der Waals surface area contributed by atoms with E-state index in [4.69, 9.17) is 0 Å². The van der Waals surface area contributed by atoms with Gasteiger partial charge in [-0.2, -0.15) is 0 Å². The number of anilines is 2. The second-order valence-electron chi connectivity index (χ2n) is 7.96. The number of carbonyl (C=O) groups excluding carboxylic acids is 2. The fraction of sp³-hybridized carbons (Fsp3) is 0.192. The Kier molecular flexibility index (Phi) is 6.13. The third kappa shape index (κ3) is 4.43. The minimum Gasteiger partial charge on any atom is -0.326 e. The Hall–Kier alpha value is -4.13. The predicted octanol–water partition coefficient (Wildman–Crippen LogP) is 4.40. The van der Waals surface area contributed by atoms with Crippen molar-refractivity contribution in [2.24, 2.45) is 0 Å². The van der Waals surface area contributed by atoms with Gasteiger partial charge in [-0.25, -0.2) is 4.68 Å². The Morgan fingerprint density at radius 2 is 1.55 bits per heavy atom. The molecule has 2 N–H and O–H groups in total. The minimum atomic E-state index is -0.260. The zero-order valence-corrected chi connectivity index (χ0v) is 18.9. The van der Waals surface area contributed by atoms with E-state index in [0.717, 1.165) is 16.8 Å². The maximum atomic E-state index is 13.4. The average Bonchev–Trinajstić information content (AvgIpc) is 3.07. The summed E-state index contributed by atoms with van der Waals surface area (Å²) in [7, 11) is 0. The Morgan fingerprint density at radius 3 is 2.21 bits per heavy atom. The van der Waals surface area contributed by atoms with Crippen LogP contribution in [0, 0.1) is 13.8 Å². The lowest BCUT2D eigenvalue weighted by Crippen LogP contribution is -2.27. The van der Waals surface area contributed by atoms with Crippen LogP contribution < -0.4 is 16.2 Å². The largest absolute Gasteiger partial charge is 0.326 e. The topological polar surface area (TPSA) is 85.1 Å². The van der Waals surface area contributed by atoms with E-state index in [1.807, 2.05) is 62.4 Å². The lowest BCUT2D eigenvalue weighted by molar-refractivity contribution is -0.117. The van der Waals surface area contributed by atoms with Gasteiger partial charge in [0.25, 0.3) is 5.56 Å². The SMILES string of the molecule is CCC(=O)Nc1ccc2c(c1)c(=O)n(-c1ccccc1)n2CC(=O)Nc1c(C)cccc1C. The number of hydrogen-bond donors (Lipinski definition) is 2. The number of rotatable bonds is 6. The molecule has 0 aliphatic rings. The van der Waals surface area contributed by atoms with Gasteiger partial charge in [0.2, 0.25) is 11.8 Å². The summed E-state index contributed by atoms with van der Waals surface area (Å²) in [4.78, 5) is 38.3. The number of benzene rings is 3. The molecule has 7 nitrogen and oxygen atoms in total. The Labute approximate surface area is 191 Å². The number of aromatic nitrogens is 2. The van der Waals surface area contributed by atoms with Crippen LogP contribution in [0.3, 0.4) is 0 Å². The molecule has 0 bridgehead atoms. The second kappa shape index (κ2) is 9.16. The van der Waals surface area contributed by atoms with Crippen molar-refractivity contribution in [1.29, 1.82) is 0 Å². The van der Waals surface area contributed by atoms with E-state index in [0.29, 0.717) is 28.7 Å². The number of aryl methyl sites for hydroxylation is 2. The van der Waals surface area contributed by atoms with Gasteiger partial charge in [-0.3, -0.25) is 19.1 Å². The first-order valence-electron chi connectivity index (χ1n) is 10.9. The molecule has 0 fully saturated rings. The van der Waals surface area contributed by atoms with E-state index < -0.39 is 0 Å². The molecule has 4 rings (SSSR count). The van der Waals surface area contributed by atoms with E-state index in [2.05, 4.69) is 10.6 Å². The summed E-state index contributed by atoms with van der Waals surface area (Å²) >= 11 is 0. The van der Waals surface area contributed by atoms with Crippen LogP contribution in [0.1, 0.15) is 24.5 Å². The third-order valence-corrected chi connectivity index (χ3v) is 5.58. The molecule has 2 amide bonds. The lowest BCUT2D eigenvalue weighted by atomic mass is 10.1. The standard InChI is InChI=1S/C26H26N4O3/c1-4-23(31)27-19-13-14-22-21(15-19)26(33)30(20-11-6-5-7-12-20)29(22)16-24(32)28-25-17(2)9-8-10-18(25)3/h5-15H,4,16H2,1-3H3,(H,27,31)(H,28,32). The number of nitrogens with zero attached hydrogens (tertiary/aromatic N) is 2. The predicted molar refractivity (Wildman–Crippen MR) is 131 cm³/mol. The van der Waals surface area contributed by atoms with Crippen LogP contribution in [0.25, 0.3) is 16.6 Å². The Morgan fingerprint density at radius 1 is 0.848 bits per heavy atom. The molecule has 0 saturated heterocycles. The minimum absolute atomic E-state index is 0.0535. The van der Waals surface area contributed by atoms with Crippen molar-refractivity contribution in [3.05, 3.63) is 88.2 Å². The van der Waals surface area contributed by atoms with Crippen molar-refractivity contribution in [2.75, 3.05) is 10.6 Å². The van der Waals surface area contributed by atoms with Crippen molar-refractivity contribution in [3.8, 4) is 5.69 Å². The molecule has 168 valence electrons. The van der Waals surface area contributed by atoms with E-state index in [-0.39, 0.29) is 23.9 Å². The molecule has 0 unspecified atom stereocenters.